The third-order valence-corrected chi connectivity index (χ3v) is 3.89. The van der Waals surface area contributed by atoms with Crippen LogP contribution < -0.4 is 10.6 Å². The Morgan fingerprint density at radius 1 is 0.966 bits per heavy atom. The minimum atomic E-state index is -0.652. The normalized spacial score (nSPS) is 10.8. The van der Waals surface area contributed by atoms with E-state index in [-0.39, 0.29) is 12.5 Å². The molecule has 0 spiro atoms. The summed E-state index contributed by atoms with van der Waals surface area (Å²) in [5, 5.41) is 5.99. The van der Waals surface area contributed by atoms with Crippen molar-refractivity contribution < 1.29 is 19.1 Å². The quantitative estimate of drug-likeness (QED) is 0.754. The highest BCUT2D eigenvalue weighted by Gasteiger charge is 2.21. The Morgan fingerprint density at radius 2 is 1.52 bits per heavy atom. The summed E-state index contributed by atoms with van der Waals surface area (Å²) in [6.07, 6.45) is -0.600. The highest BCUT2D eigenvalue weighted by Crippen LogP contribution is 2.22. The molecule has 154 valence electrons. The molecule has 0 saturated carbocycles. The van der Waals surface area contributed by atoms with Gasteiger partial charge in [0.2, 0.25) is 5.91 Å². The third-order valence-electron chi connectivity index (χ3n) is 3.64. The third kappa shape index (κ3) is 7.12. The Hall–Kier alpha value is -3.06. The van der Waals surface area contributed by atoms with Crippen molar-refractivity contribution in [1.29, 1.82) is 0 Å². The molecule has 2 aromatic carbocycles. The molecule has 7 nitrogen and oxygen atoms in total. The second kappa shape index (κ2) is 9.43. The van der Waals surface area contributed by atoms with Crippen LogP contribution >= 0.6 is 11.6 Å². The standard InChI is InChI=1S/C21H24ClN3O4/c1-21(2,3)29-20(28)25(4)13-18(26)23-16-7-5-6-8-17(16)24-19(27)14-9-11-15(22)12-10-14/h5-12H,13H2,1-4H3,(H,23,26)(H,24,27). The zero-order valence-electron chi connectivity index (χ0n) is 16.8. The van der Waals surface area contributed by atoms with Crippen molar-refractivity contribution in [2.45, 2.75) is 26.4 Å². The maximum Gasteiger partial charge on any atom is 0.410 e. The zero-order valence-corrected chi connectivity index (χ0v) is 17.5. The molecule has 0 saturated heterocycles. The maximum atomic E-state index is 12.4. The number of hydrogen-bond acceptors (Lipinski definition) is 4. The fourth-order valence-corrected chi connectivity index (χ4v) is 2.43. The minimum absolute atomic E-state index is 0.200. The van der Waals surface area contributed by atoms with Crippen molar-refractivity contribution >= 4 is 40.9 Å². The second-order valence-electron chi connectivity index (χ2n) is 7.39. The smallest absolute Gasteiger partial charge is 0.410 e. The lowest BCUT2D eigenvalue weighted by Gasteiger charge is -2.24. The van der Waals surface area contributed by atoms with Gasteiger partial charge in [0.25, 0.3) is 5.91 Å². The molecule has 0 heterocycles. The number of hydrogen-bond donors (Lipinski definition) is 2. The SMILES string of the molecule is CN(CC(=O)Nc1ccccc1NC(=O)c1ccc(Cl)cc1)C(=O)OC(C)(C)C. The van der Waals surface area contributed by atoms with Crippen LogP contribution in [0.5, 0.6) is 0 Å². The number of amides is 3. The molecule has 0 radical (unpaired) electrons. The number of para-hydroxylation sites is 2. The molecule has 0 unspecified atom stereocenters. The van der Waals surface area contributed by atoms with Gasteiger partial charge in [-0.3, -0.25) is 9.59 Å². The fourth-order valence-electron chi connectivity index (χ4n) is 2.31. The van der Waals surface area contributed by atoms with Gasteiger partial charge in [-0.05, 0) is 57.2 Å². The molecule has 8 heteroatoms. The lowest BCUT2D eigenvalue weighted by molar-refractivity contribution is -0.117. The number of nitrogens with zero attached hydrogens (tertiary/aromatic N) is 1. The predicted molar refractivity (Wildman–Crippen MR) is 113 cm³/mol. The van der Waals surface area contributed by atoms with Crippen molar-refractivity contribution in [2.24, 2.45) is 0 Å². The molecule has 0 aromatic heterocycles. The molecular weight excluding hydrogens is 394 g/mol. The van der Waals surface area contributed by atoms with Crippen molar-refractivity contribution in [2.75, 3.05) is 24.2 Å². The average Bonchev–Trinajstić information content (AvgIpc) is 2.62. The Morgan fingerprint density at radius 3 is 2.07 bits per heavy atom. The van der Waals surface area contributed by atoms with Crippen molar-refractivity contribution in [3.8, 4) is 0 Å². The van der Waals surface area contributed by atoms with Crippen LogP contribution in [0.25, 0.3) is 0 Å². The van der Waals surface area contributed by atoms with E-state index in [1.54, 1.807) is 69.3 Å². The number of halogens is 1. The number of ether oxygens (including phenoxy) is 1. The van der Waals surface area contributed by atoms with E-state index in [0.717, 1.165) is 0 Å². The number of carbonyl (C=O) groups is 3. The van der Waals surface area contributed by atoms with E-state index in [9.17, 15) is 14.4 Å². The molecule has 3 amide bonds. The summed E-state index contributed by atoms with van der Waals surface area (Å²) < 4.78 is 5.22. The molecule has 0 bridgehead atoms. The van der Waals surface area contributed by atoms with Gasteiger partial charge in [-0.15, -0.1) is 0 Å². The molecule has 2 aromatic rings. The first kappa shape index (κ1) is 22.2. The van der Waals surface area contributed by atoms with Gasteiger partial charge in [-0.25, -0.2) is 4.79 Å². The van der Waals surface area contributed by atoms with Crippen LogP contribution in [0, 0.1) is 0 Å². The Kier molecular flexibility index (Phi) is 7.23. The molecular formula is C21H24ClN3O4. The first-order valence-electron chi connectivity index (χ1n) is 8.95. The van der Waals surface area contributed by atoms with Crippen LogP contribution in [0.2, 0.25) is 5.02 Å². The van der Waals surface area contributed by atoms with Gasteiger partial charge in [0.1, 0.15) is 12.1 Å². The van der Waals surface area contributed by atoms with Crippen LogP contribution in [0.3, 0.4) is 0 Å². The number of carbonyl (C=O) groups excluding carboxylic acids is 3. The summed E-state index contributed by atoms with van der Waals surface area (Å²) in [6.45, 7) is 5.05. The van der Waals surface area contributed by atoms with E-state index in [2.05, 4.69) is 10.6 Å². The van der Waals surface area contributed by atoms with Crippen LogP contribution in [0.1, 0.15) is 31.1 Å². The topological polar surface area (TPSA) is 87.7 Å². The van der Waals surface area contributed by atoms with Gasteiger partial charge in [-0.1, -0.05) is 23.7 Å². The Labute approximate surface area is 175 Å². The number of rotatable bonds is 5. The summed E-state index contributed by atoms with van der Waals surface area (Å²) in [5.74, 6) is -0.763. The van der Waals surface area contributed by atoms with Crippen LogP contribution in [0.4, 0.5) is 16.2 Å². The highest BCUT2D eigenvalue weighted by molar-refractivity contribution is 6.30. The van der Waals surface area contributed by atoms with Crippen molar-refractivity contribution in [3.63, 3.8) is 0 Å². The monoisotopic (exact) mass is 417 g/mol. The van der Waals surface area contributed by atoms with E-state index in [4.69, 9.17) is 16.3 Å². The van der Waals surface area contributed by atoms with Gasteiger partial charge < -0.3 is 20.3 Å². The summed E-state index contributed by atoms with van der Waals surface area (Å²) >= 11 is 5.84. The van der Waals surface area contributed by atoms with Crippen molar-refractivity contribution in [3.05, 3.63) is 59.1 Å². The second-order valence-corrected chi connectivity index (χ2v) is 7.83. The van der Waals surface area contributed by atoms with Gasteiger partial charge in [-0.2, -0.15) is 0 Å². The van der Waals surface area contributed by atoms with E-state index >= 15 is 0 Å². The Bertz CT molecular complexity index is 892. The van der Waals surface area contributed by atoms with Gasteiger partial charge in [0, 0.05) is 17.6 Å². The first-order chi connectivity index (χ1) is 13.5. The van der Waals surface area contributed by atoms with Crippen LogP contribution in [0.15, 0.2) is 48.5 Å². The molecule has 0 fully saturated rings. The van der Waals surface area contributed by atoms with Crippen molar-refractivity contribution in [1.82, 2.24) is 4.90 Å². The number of nitrogens with one attached hydrogen (secondary N) is 2. The molecule has 0 aliphatic heterocycles. The largest absolute Gasteiger partial charge is 0.444 e. The average molecular weight is 418 g/mol. The van der Waals surface area contributed by atoms with Gasteiger partial charge in [0.05, 0.1) is 11.4 Å². The molecule has 0 aliphatic rings. The summed E-state index contributed by atoms with van der Waals surface area (Å²) in [7, 11) is 1.47. The summed E-state index contributed by atoms with van der Waals surface area (Å²) in [4.78, 5) is 38.0. The number of likely N-dealkylation sites (N-methyl/N-ethyl adjacent to an activating group) is 1. The molecule has 0 atom stereocenters. The number of benzene rings is 2. The van der Waals surface area contributed by atoms with Crippen LogP contribution in [-0.2, 0) is 9.53 Å². The van der Waals surface area contributed by atoms with Gasteiger partial charge >= 0.3 is 6.09 Å². The molecule has 0 aliphatic carbocycles. The minimum Gasteiger partial charge on any atom is -0.444 e. The van der Waals surface area contributed by atoms with E-state index in [1.165, 1.54) is 11.9 Å². The van der Waals surface area contributed by atoms with Gasteiger partial charge in [0.15, 0.2) is 0 Å². The zero-order chi connectivity index (χ0) is 21.6. The predicted octanol–water partition coefficient (Wildman–Crippen LogP) is 4.40. The maximum absolute atomic E-state index is 12.4. The van der Waals surface area contributed by atoms with E-state index in [1.807, 2.05) is 0 Å². The lowest BCUT2D eigenvalue weighted by atomic mass is 10.2. The first-order valence-corrected chi connectivity index (χ1v) is 9.33. The highest BCUT2D eigenvalue weighted by atomic mass is 35.5. The fraction of sp³-hybridized carbons (Fsp3) is 0.286. The Balaban J connectivity index is 2.02. The molecule has 29 heavy (non-hydrogen) atoms. The van der Waals surface area contributed by atoms with E-state index < -0.39 is 17.6 Å². The summed E-state index contributed by atoms with van der Waals surface area (Å²) in [5.41, 5.74) is 0.624. The summed E-state index contributed by atoms with van der Waals surface area (Å²) in [6, 6.07) is 13.2. The molecule has 2 N–H and O–H groups in total. The van der Waals surface area contributed by atoms with Crippen LogP contribution in [-0.4, -0.2) is 42.0 Å². The van der Waals surface area contributed by atoms with E-state index in [0.29, 0.717) is 22.0 Å². The molecule has 2 rings (SSSR count). The number of anilines is 2. The lowest BCUT2D eigenvalue weighted by Crippen LogP contribution is -2.38.